The van der Waals surface area contributed by atoms with Crippen molar-refractivity contribution >= 4 is 29.2 Å². The number of anilines is 1. The van der Waals surface area contributed by atoms with Crippen LogP contribution in [0.4, 0.5) is 14.9 Å². The van der Waals surface area contributed by atoms with Crippen LogP contribution in [-0.4, -0.2) is 29.9 Å². The molecule has 0 aliphatic carbocycles. The number of benzene rings is 2. The molecule has 0 unspecified atom stereocenters. The van der Waals surface area contributed by atoms with E-state index in [0.29, 0.717) is 29.5 Å². The molecule has 3 rings (SSSR count). The number of carbonyl (C=O) groups is 2. The highest BCUT2D eigenvalue weighted by Gasteiger charge is 2.24. The molecular weight excluding hydrogens is 393 g/mol. The monoisotopic (exact) mass is 417 g/mol. The van der Waals surface area contributed by atoms with Crippen molar-refractivity contribution in [3.8, 4) is 0 Å². The summed E-state index contributed by atoms with van der Waals surface area (Å²) in [6.45, 7) is 1.65. The van der Waals surface area contributed by atoms with Gasteiger partial charge in [0, 0.05) is 36.8 Å². The molecule has 0 bridgehead atoms. The molecule has 7 heteroatoms. The Labute approximate surface area is 175 Å². The van der Waals surface area contributed by atoms with Gasteiger partial charge in [0.1, 0.15) is 5.82 Å². The Hall–Kier alpha value is -2.60. The third-order valence-electron chi connectivity index (χ3n) is 5.10. The van der Waals surface area contributed by atoms with E-state index < -0.39 is 5.82 Å². The van der Waals surface area contributed by atoms with Gasteiger partial charge in [0.25, 0.3) is 0 Å². The summed E-state index contributed by atoms with van der Waals surface area (Å²) in [4.78, 5) is 26.5. The molecule has 3 amide bonds. The lowest BCUT2D eigenvalue weighted by molar-refractivity contribution is -0.121. The Balaban J connectivity index is 1.41. The number of hydrogen-bond donors (Lipinski definition) is 2. The summed E-state index contributed by atoms with van der Waals surface area (Å²) in [6, 6.07) is 13.4. The second kappa shape index (κ2) is 10.3. The summed E-state index contributed by atoms with van der Waals surface area (Å²) in [6.07, 6.45) is 3.04. The average Bonchev–Trinajstić information content (AvgIpc) is 2.72. The minimum Gasteiger partial charge on any atom is -0.352 e. The van der Waals surface area contributed by atoms with Gasteiger partial charge in [-0.2, -0.15) is 0 Å². The number of para-hydroxylation sites is 1. The number of halogens is 2. The fourth-order valence-corrected chi connectivity index (χ4v) is 3.73. The van der Waals surface area contributed by atoms with Crippen molar-refractivity contribution < 1.29 is 14.0 Å². The number of nitrogens with one attached hydrogen (secondary N) is 2. The van der Waals surface area contributed by atoms with Crippen molar-refractivity contribution in [1.29, 1.82) is 0 Å². The molecule has 2 aromatic rings. The van der Waals surface area contributed by atoms with Crippen LogP contribution in [0.2, 0.25) is 5.02 Å². The number of piperidine rings is 1. The molecule has 1 heterocycles. The molecule has 1 aliphatic heterocycles. The summed E-state index contributed by atoms with van der Waals surface area (Å²) in [5.41, 5.74) is 1.46. The van der Waals surface area contributed by atoms with Crippen LogP contribution in [-0.2, 0) is 11.3 Å². The molecule has 1 fully saturated rings. The second-order valence-corrected chi connectivity index (χ2v) is 7.71. The minimum atomic E-state index is -0.400. The van der Waals surface area contributed by atoms with E-state index in [1.54, 1.807) is 6.07 Å². The van der Waals surface area contributed by atoms with Crippen molar-refractivity contribution in [1.82, 2.24) is 10.2 Å². The molecule has 29 heavy (non-hydrogen) atoms. The fourth-order valence-electron chi connectivity index (χ4n) is 3.49. The molecule has 0 aromatic heterocycles. The highest BCUT2D eigenvalue weighted by Crippen LogP contribution is 2.22. The fraction of sp³-hybridized carbons (Fsp3) is 0.364. The van der Waals surface area contributed by atoms with E-state index in [9.17, 15) is 14.0 Å². The van der Waals surface area contributed by atoms with Gasteiger partial charge in [-0.15, -0.1) is 0 Å². The first kappa shape index (κ1) is 21.1. The van der Waals surface area contributed by atoms with Crippen LogP contribution in [0.5, 0.6) is 0 Å². The van der Waals surface area contributed by atoms with Crippen LogP contribution in [0, 0.1) is 11.7 Å². The average molecular weight is 418 g/mol. The van der Waals surface area contributed by atoms with Gasteiger partial charge in [-0.05, 0) is 55.0 Å². The molecule has 0 saturated carbocycles. The first-order chi connectivity index (χ1) is 14.0. The van der Waals surface area contributed by atoms with Gasteiger partial charge < -0.3 is 15.5 Å². The molecule has 1 aliphatic rings. The molecule has 0 radical (unpaired) electrons. The standard InChI is InChI=1S/C22H25ClFN3O2/c23-20-13-18(24)10-9-17(20)14-25-21(28)11-8-16-5-4-12-27(15-16)22(29)26-19-6-2-1-3-7-19/h1-3,6-7,9-10,13,16H,4-5,8,11-12,14-15H2,(H,25,28)(H,26,29)/t16-/m1/s1. The van der Waals surface area contributed by atoms with E-state index in [0.717, 1.165) is 31.5 Å². The Morgan fingerprint density at radius 2 is 1.97 bits per heavy atom. The van der Waals surface area contributed by atoms with Crippen LogP contribution < -0.4 is 10.6 Å². The maximum atomic E-state index is 13.1. The van der Waals surface area contributed by atoms with E-state index in [-0.39, 0.29) is 18.5 Å². The number of likely N-dealkylation sites (tertiary alicyclic amines) is 1. The molecule has 1 saturated heterocycles. The highest BCUT2D eigenvalue weighted by molar-refractivity contribution is 6.31. The Bertz CT molecular complexity index is 847. The van der Waals surface area contributed by atoms with Gasteiger partial charge >= 0.3 is 6.03 Å². The predicted octanol–water partition coefficient (Wildman–Crippen LogP) is 4.82. The van der Waals surface area contributed by atoms with Crippen molar-refractivity contribution in [2.45, 2.75) is 32.2 Å². The van der Waals surface area contributed by atoms with Crippen molar-refractivity contribution in [2.75, 3.05) is 18.4 Å². The number of carbonyl (C=O) groups excluding carboxylic acids is 2. The number of nitrogens with zero attached hydrogens (tertiary/aromatic N) is 1. The Morgan fingerprint density at radius 1 is 1.17 bits per heavy atom. The molecule has 1 atom stereocenters. The lowest BCUT2D eigenvalue weighted by Crippen LogP contribution is -2.42. The van der Waals surface area contributed by atoms with Crippen LogP contribution in [0.3, 0.4) is 0 Å². The lowest BCUT2D eigenvalue weighted by atomic mass is 9.93. The van der Waals surface area contributed by atoms with E-state index in [1.807, 2.05) is 35.2 Å². The topological polar surface area (TPSA) is 61.4 Å². The number of amides is 3. The van der Waals surface area contributed by atoms with Crippen molar-refractivity contribution in [2.24, 2.45) is 5.92 Å². The van der Waals surface area contributed by atoms with Crippen molar-refractivity contribution in [3.05, 3.63) is 64.9 Å². The molecule has 2 N–H and O–H groups in total. The van der Waals surface area contributed by atoms with Crippen LogP contribution in [0.1, 0.15) is 31.2 Å². The maximum Gasteiger partial charge on any atom is 0.321 e. The largest absolute Gasteiger partial charge is 0.352 e. The Morgan fingerprint density at radius 3 is 2.72 bits per heavy atom. The van der Waals surface area contributed by atoms with E-state index in [2.05, 4.69) is 10.6 Å². The molecule has 2 aromatic carbocycles. The molecule has 0 spiro atoms. The summed E-state index contributed by atoms with van der Waals surface area (Å²) in [7, 11) is 0. The summed E-state index contributed by atoms with van der Waals surface area (Å²) in [5, 5.41) is 6.04. The summed E-state index contributed by atoms with van der Waals surface area (Å²) < 4.78 is 13.1. The molecule has 154 valence electrons. The van der Waals surface area contributed by atoms with Crippen LogP contribution >= 0.6 is 11.6 Å². The number of rotatable bonds is 6. The predicted molar refractivity (Wildman–Crippen MR) is 112 cm³/mol. The first-order valence-corrected chi connectivity index (χ1v) is 10.2. The number of hydrogen-bond acceptors (Lipinski definition) is 2. The van der Waals surface area contributed by atoms with Crippen molar-refractivity contribution in [3.63, 3.8) is 0 Å². The van der Waals surface area contributed by atoms with Gasteiger partial charge in [-0.3, -0.25) is 4.79 Å². The van der Waals surface area contributed by atoms with Crippen LogP contribution in [0.15, 0.2) is 48.5 Å². The minimum absolute atomic E-state index is 0.0729. The zero-order valence-electron chi connectivity index (χ0n) is 16.2. The zero-order valence-corrected chi connectivity index (χ0v) is 16.9. The quantitative estimate of drug-likeness (QED) is 0.707. The summed E-state index contributed by atoms with van der Waals surface area (Å²) >= 11 is 5.98. The van der Waals surface area contributed by atoms with E-state index in [1.165, 1.54) is 12.1 Å². The van der Waals surface area contributed by atoms with E-state index >= 15 is 0 Å². The van der Waals surface area contributed by atoms with E-state index in [4.69, 9.17) is 11.6 Å². The lowest BCUT2D eigenvalue weighted by Gasteiger charge is -2.32. The molecule has 5 nitrogen and oxygen atoms in total. The highest BCUT2D eigenvalue weighted by atomic mass is 35.5. The van der Waals surface area contributed by atoms with Gasteiger partial charge in [0.15, 0.2) is 0 Å². The van der Waals surface area contributed by atoms with Gasteiger partial charge in [0.05, 0.1) is 0 Å². The second-order valence-electron chi connectivity index (χ2n) is 7.30. The third kappa shape index (κ3) is 6.46. The zero-order chi connectivity index (χ0) is 20.6. The summed E-state index contributed by atoms with van der Waals surface area (Å²) in [5.74, 6) is -0.176. The molecular formula is C22H25ClFN3O2. The number of urea groups is 1. The first-order valence-electron chi connectivity index (χ1n) is 9.83. The smallest absolute Gasteiger partial charge is 0.321 e. The Kier molecular flexibility index (Phi) is 7.47. The van der Waals surface area contributed by atoms with Gasteiger partial charge in [0.2, 0.25) is 5.91 Å². The normalized spacial score (nSPS) is 16.3. The van der Waals surface area contributed by atoms with Crippen LogP contribution in [0.25, 0.3) is 0 Å². The third-order valence-corrected chi connectivity index (χ3v) is 5.45. The van der Waals surface area contributed by atoms with Gasteiger partial charge in [-0.25, -0.2) is 9.18 Å². The van der Waals surface area contributed by atoms with Gasteiger partial charge in [-0.1, -0.05) is 35.9 Å². The SMILES string of the molecule is O=C(CC[C@H]1CCCN(C(=O)Nc2ccccc2)C1)NCc1ccc(F)cc1Cl. The maximum absolute atomic E-state index is 13.1.